The molecular weight excluding hydrogens is 288 g/mol. The number of piperidine rings is 1. The molecule has 0 saturated carbocycles. The maximum absolute atomic E-state index is 8.99. The summed E-state index contributed by atoms with van der Waals surface area (Å²) in [6, 6.07) is 13.5. The molecule has 5 nitrogen and oxygen atoms in total. The van der Waals surface area contributed by atoms with E-state index >= 15 is 0 Å². The highest BCUT2D eigenvalue weighted by molar-refractivity contribution is 5.42. The topological polar surface area (TPSA) is 62.0 Å². The van der Waals surface area contributed by atoms with Gasteiger partial charge in [-0.25, -0.2) is 9.97 Å². The molecule has 0 aliphatic carbocycles. The van der Waals surface area contributed by atoms with Gasteiger partial charge in [0.15, 0.2) is 0 Å². The molecule has 0 amide bonds. The van der Waals surface area contributed by atoms with E-state index in [-0.39, 0.29) is 0 Å². The molecule has 3 rings (SSSR count). The lowest BCUT2D eigenvalue weighted by Crippen LogP contribution is -2.38. The Kier molecular flexibility index (Phi) is 4.72. The second-order valence-electron chi connectivity index (χ2n) is 5.88. The fourth-order valence-electron chi connectivity index (χ4n) is 2.87. The standard InChI is InChI=1S/C18H20N4O/c1-14-5-2-9-18(20-14)23-13-15-6-4-10-22(12-15)17-8-3-7-16(11-19)21-17/h2-3,5,7-9,15H,4,6,10,12-13H2,1H3. The lowest BCUT2D eigenvalue weighted by molar-refractivity contribution is 0.221. The van der Waals surface area contributed by atoms with E-state index < -0.39 is 0 Å². The number of anilines is 1. The Bertz CT molecular complexity index is 710. The van der Waals surface area contributed by atoms with Gasteiger partial charge >= 0.3 is 0 Å². The number of ether oxygens (including phenoxy) is 1. The van der Waals surface area contributed by atoms with Crippen molar-refractivity contribution in [2.75, 3.05) is 24.6 Å². The summed E-state index contributed by atoms with van der Waals surface area (Å²) in [5.74, 6) is 2.01. The summed E-state index contributed by atoms with van der Waals surface area (Å²) < 4.78 is 5.84. The predicted molar refractivity (Wildman–Crippen MR) is 88.4 cm³/mol. The maximum atomic E-state index is 8.99. The molecule has 2 aromatic heterocycles. The van der Waals surface area contributed by atoms with Gasteiger partial charge in [0, 0.05) is 30.8 Å². The minimum absolute atomic E-state index is 0.443. The third kappa shape index (κ3) is 3.98. The van der Waals surface area contributed by atoms with E-state index in [4.69, 9.17) is 10.00 Å². The number of nitriles is 1. The molecule has 0 spiro atoms. The summed E-state index contributed by atoms with van der Waals surface area (Å²) in [5, 5.41) is 8.99. The normalized spacial score (nSPS) is 17.6. The van der Waals surface area contributed by atoms with Crippen molar-refractivity contribution in [1.82, 2.24) is 9.97 Å². The number of aryl methyl sites for hydroxylation is 1. The van der Waals surface area contributed by atoms with Crippen LogP contribution in [0.3, 0.4) is 0 Å². The summed E-state index contributed by atoms with van der Waals surface area (Å²) in [4.78, 5) is 11.0. The van der Waals surface area contributed by atoms with Crippen molar-refractivity contribution in [3.8, 4) is 11.9 Å². The van der Waals surface area contributed by atoms with Crippen molar-refractivity contribution in [2.45, 2.75) is 19.8 Å². The van der Waals surface area contributed by atoms with Crippen LogP contribution in [0.4, 0.5) is 5.82 Å². The SMILES string of the molecule is Cc1cccc(OCC2CCCN(c3cccc(C#N)n3)C2)n1. The first-order valence-electron chi connectivity index (χ1n) is 7.93. The van der Waals surface area contributed by atoms with E-state index in [9.17, 15) is 0 Å². The Labute approximate surface area is 136 Å². The molecule has 0 aromatic carbocycles. The molecule has 1 aliphatic rings. The van der Waals surface area contributed by atoms with Gasteiger partial charge < -0.3 is 9.64 Å². The van der Waals surface area contributed by atoms with Crippen LogP contribution in [0.1, 0.15) is 24.2 Å². The number of rotatable bonds is 4. The monoisotopic (exact) mass is 308 g/mol. The van der Waals surface area contributed by atoms with Gasteiger partial charge in [0.2, 0.25) is 5.88 Å². The molecule has 1 atom stereocenters. The minimum atomic E-state index is 0.443. The summed E-state index contributed by atoms with van der Waals surface area (Å²) in [5.41, 5.74) is 1.43. The lowest BCUT2D eigenvalue weighted by atomic mass is 9.99. The molecule has 23 heavy (non-hydrogen) atoms. The average molecular weight is 308 g/mol. The number of hydrogen-bond donors (Lipinski definition) is 0. The third-order valence-electron chi connectivity index (χ3n) is 4.02. The highest BCUT2D eigenvalue weighted by Gasteiger charge is 2.21. The van der Waals surface area contributed by atoms with Crippen LogP contribution in [0, 0.1) is 24.2 Å². The largest absolute Gasteiger partial charge is 0.477 e. The van der Waals surface area contributed by atoms with Gasteiger partial charge in [0.25, 0.3) is 0 Å². The number of aromatic nitrogens is 2. The molecule has 3 heterocycles. The van der Waals surface area contributed by atoms with E-state index in [2.05, 4.69) is 20.9 Å². The number of nitrogens with zero attached hydrogens (tertiary/aromatic N) is 4. The predicted octanol–water partition coefficient (Wildman–Crippen LogP) is 2.95. The van der Waals surface area contributed by atoms with Crippen molar-refractivity contribution in [3.63, 3.8) is 0 Å². The molecule has 1 saturated heterocycles. The van der Waals surface area contributed by atoms with Crippen molar-refractivity contribution < 1.29 is 4.74 Å². The fraction of sp³-hybridized carbons (Fsp3) is 0.389. The molecule has 2 aromatic rings. The van der Waals surface area contributed by atoms with Gasteiger partial charge in [0.05, 0.1) is 6.61 Å². The summed E-state index contributed by atoms with van der Waals surface area (Å²) in [6.07, 6.45) is 2.24. The molecule has 1 fully saturated rings. The number of pyridine rings is 2. The van der Waals surface area contributed by atoms with Crippen molar-refractivity contribution >= 4 is 5.82 Å². The van der Waals surface area contributed by atoms with Crippen LogP contribution in [0.25, 0.3) is 0 Å². The van der Waals surface area contributed by atoms with E-state index in [1.165, 1.54) is 0 Å². The van der Waals surface area contributed by atoms with Gasteiger partial charge in [-0.2, -0.15) is 5.26 Å². The van der Waals surface area contributed by atoms with E-state index in [1.807, 2.05) is 37.3 Å². The molecule has 1 unspecified atom stereocenters. The van der Waals surface area contributed by atoms with Crippen LogP contribution < -0.4 is 9.64 Å². The van der Waals surface area contributed by atoms with Gasteiger partial charge in [-0.1, -0.05) is 12.1 Å². The van der Waals surface area contributed by atoms with Gasteiger partial charge in [-0.05, 0) is 38.0 Å². The molecule has 0 N–H and O–H groups in total. The van der Waals surface area contributed by atoms with Crippen LogP contribution in [0.2, 0.25) is 0 Å². The van der Waals surface area contributed by atoms with Gasteiger partial charge in [-0.15, -0.1) is 0 Å². The third-order valence-corrected chi connectivity index (χ3v) is 4.02. The van der Waals surface area contributed by atoms with Crippen molar-refractivity contribution in [3.05, 3.63) is 47.8 Å². The Hall–Kier alpha value is -2.61. The Balaban J connectivity index is 1.61. The highest BCUT2D eigenvalue weighted by Crippen LogP contribution is 2.22. The first kappa shape index (κ1) is 15.3. The number of hydrogen-bond acceptors (Lipinski definition) is 5. The van der Waals surface area contributed by atoms with Crippen molar-refractivity contribution in [1.29, 1.82) is 5.26 Å². The van der Waals surface area contributed by atoms with E-state index in [0.29, 0.717) is 24.1 Å². The molecule has 0 bridgehead atoms. The van der Waals surface area contributed by atoms with Crippen LogP contribution in [0.5, 0.6) is 5.88 Å². The molecule has 118 valence electrons. The molecule has 5 heteroatoms. The zero-order valence-electron chi connectivity index (χ0n) is 13.3. The smallest absolute Gasteiger partial charge is 0.213 e. The second kappa shape index (κ2) is 7.10. The molecule has 1 aliphatic heterocycles. The Morgan fingerprint density at radius 3 is 2.96 bits per heavy atom. The highest BCUT2D eigenvalue weighted by atomic mass is 16.5. The molecular formula is C18H20N4O. The zero-order valence-corrected chi connectivity index (χ0v) is 13.3. The Morgan fingerprint density at radius 1 is 1.26 bits per heavy atom. The van der Waals surface area contributed by atoms with Crippen LogP contribution in [-0.2, 0) is 0 Å². The minimum Gasteiger partial charge on any atom is -0.477 e. The maximum Gasteiger partial charge on any atom is 0.213 e. The molecule has 0 radical (unpaired) electrons. The van der Waals surface area contributed by atoms with Gasteiger partial charge in [0.1, 0.15) is 17.6 Å². The zero-order chi connectivity index (χ0) is 16.1. The lowest BCUT2D eigenvalue weighted by Gasteiger charge is -2.33. The quantitative estimate of drug-likeness (QED) is 0.869. The van der Waals surface area contributed by atoms with Crippen molar-refractivity contribution in [2.24, 2.45) is 5.92 Å². The van der Waals surface area contributed by atoms with Gasteiger partial charge in [-0.3, -0.25) is 0 Å². The van der Waals surface area contributed by atoms with Crippen LogP contribution >= 0.6 is 0 Å². The first-order valence-corrected chi connectivity index (χ1v) is 7.93. The fourth-order valence-corrected chi connectivity index (χ4v) is 2.87. The summed E-state index contributed by atoms with van der Waals surface area (Å²) in [7, 11) is 0. The first-order chi connectivity index (χ1) is 11.2. The summed E-state index contributed by atoms with van der Waals surface area (Å²) in [6.45, 7) is 4.49. The van der Waals surface area contributed by atoms with E-state index in [0.717, 1.165) is 37.4 Å². The summed E-state index contributed by atoms with van der Waals surface area (Å²) >= 11 is 0. The average Bonchev–Trinajstić information content (AvgIpc) is 2.60. The van der Waals surface area contributed by atoms with Crippen LogP contribution in [0.15, 0.2) is 36.4 Å². The second-order valence-corrected chi connectivity index (χ2v) is 5.88. The Morgan fingerprint density at radius 2 is 2.13 bits per heavy atom. The van der Waals surface area contributed by atoms with E-state index in [1.54, 1.807) is 6.07 Å². The van der Waals surface area contributed by atoms with Crippen LogP contribution in [-0.4, -0.2) is 29.7 Å².